The van der Waals surface area contributed by atoms with E-state index in [2.05, 4.69) is 10.3 Å². The van der Waals surface area contributed by atoms with E-state index in [1.807, 2.05) is 0 Å². The molecule has 0 aliphatic carbocycles. The second-order valence-corrected chi connectivity index (χ2v) is 6.18. The van der Waals surface area contributed by atoms with Gasteiger partial charge in [0.05, 0.1) is 11.4 Å². The van der Waals surface area contributed by atoms with E-state index in [0.29, 0.717) is 6.54 Å². The van der Waals surface area contributed by atoms with Gasteiger partial charge < -0.3 is 10.3 Å². The Morgan fingerprint density at radius 3 is 2.68 bits per heavy atom. The van der Waals surface area contributed by atoms with Crippen LogP contribution >= 0.6 is 11.6 Å². The van der Waals surface area contributed by atoms with Gasteiger partial charge in [-0.15, -0.1) is 0 Å². The van der Waals surface area contributed by atoms with Crippen LogP contribution in [0.4, 0.5) is 0 Å². The van der Waals surface area contributed by atoms with Crippen LogP contribution in [-0.4, -0.2) is 43.8 Å². The first kappa shape index (κ1) is 15.7. The molecule has 0 atom stereocenters. The summed E-state index contributed by atoms with van der Waals surface area (Å²) >= 11 is 5.57. The van der Waals surface area contributed by atoms with Crippen LogP contribution in [-0.2, 0) is 14.8 Å². The normalized spacial score (nSPS) is 11.6. The largest absolute Gasteiger partial charge is 0.355 e. The fourth-order valence-electron chi connectivity index (χ4n) is 1.31. The molecule has 1 rings (SSSR count). The molecule has 1 amide bonds. The number of likely N-dealkylation sites (N-methyl/N-ethyl adjacent to an activating group) is 2. The van der Waals surface area contributed by atoms with Gasteiger partial charge in [0.25, 0.3) is 5.56 Å². The summed E-state index contributed by atoms with van der Waals surface area (Å²) in [6.07, 6.45) is 1.04. The van der Waals surface area contributed by atoms with E-state index < -0.39 is 21.5 Å². The number of carbonyl (C=O) groups is 1. The number of halogens is 1. The minimum Gasteiger partial charge on any atom is -0.355 e. The highest BCUT2D eigenvalue weighted by Gasteiger charge is 2.23. The van der Waals surface area contributed by atoms with Gasteiger partial charge in [0.2, 0.25) is 15.9 Å². The maximum atomic E-state index is 12.1. The topological polar surface area (TPSA) is 99.3 Å². The zero-order valence-corrected chi connectivity index (χ0v) is 12.0. The summed E-state index contributed by atoms with van der Waals surface area (Å²) in [5.74, 6) is -0.413. The lowest BCUT2D eigenvalue weighted by molar-refractivity contribution is -0.121. The lowest BCUT2D eigenvalue weighted by atomic mass is 10.5. The molecule has 0 unspecified atom stereocenters. The van der Waals surface area contributed by atoms with Gasteiger partial charge in [0.15, 0.2) is 0 Å². The third kappa shape index (κ3) is 3.79. The van der Waals surface area contributed by atoms with Crippen LogP contribution < -0.4 is 10.9 Å². The number of nitrogens with zero attached hydrogens (tertiary/aromatic N) is 1. The number of H-pyrrole nitrogens is 1. The molecule has 106 valence electrons. The number of pyridine rings is 1. The Morgan fingerprint density at radius 2 is 2.16 bits per heavy atom. The number of sulfonamides is 1. The standard InChI is InChI=1S/C10H14ClN3O4S/c1-3-12-9(15)6-14(2)19(17,18)7-4-8(11)10(16)13-5-7/h4-5H,3,6H2,1-2H3,(H,12,15)(H,13,16). The molecule has 7 nitrogen and oxygen atoms in total. The first-order valence-electron chi connectivity index (χ1n) is 5.40. The van der Waals surface area contributed by atoms with Crippen LogP contribution in [0.2, 0.25) is 5.02 Å². The second-order valence-electron chi connectivity index (χ2n) is 3.73. The first-order chi connectivity index (χ1) is 8.78. The Morgan fingerprint density at radius 1 is 1.53 bits per heavy atom. The maximum Gasteiger partial charge on any atom is 0.266 e. The summed E-state index contributed by atoms with van der Waals surface area (Å²) in [6, 6.07) is 1.05. The van der Waals surface area contributed by atoms with Gasteiger partial charge in [-0.05, 0) is 13.0 Å². The van der Waals surface area contributed by atoms with Crippen LogP contribution in [0.5, 0.6) is 0 Å². The van der Waals surface area contributed by atoms with Crippen LogP contribution in [0, 0.1) is 0 Å². The number of amides is 1. The van der Waals surface area contributed by atoms with Gasteiger partial charge in [0, 0.05) is 19.8 Å². The lowest BCUT2D eigenvalue weighted by Gasteiger charge is -2.16. The zero-order chi connectivity index (χ0) is 14.6. The molecule has 0 radical (unpaired) electrons. The number of hydrogen-bond acceptors (Lipinski definition) is 4. The van der Waals surface area contributed by atoms with Crippen molar-refractivity contribution in [2.24, 2.45) is 0 Å². The van der Waals surface area contributed by atoms with Gasteiger partial charge in [-0.3, -0.25) is 9.59 Å². The van der Waals surface area contributed by atoms with E-state index in [0.717, 1.165) is 16.6 Å². The molecule has 1 aromatic heterocycles. The number of nitrogens with one attached hydrogen (secondary N) is 2. The summed E-state index contributed by atoms with van der Waals surface area (Å²) in [4.78, 5) is 24.5. The minimum absolute atomic E-state index is 0.177. The molecule has 0 aromatic carbocycles. The summed E-state index contributed by atoms with van der Waals surface area (Å²) in [7, 11) is -2.61. The smallest absolute Gasteiger partial charge is 0.266 e. The fraction of sp³-hybridized carbons (Fsp3) is 0.400. The van der Waals surface area contributed by atoms with E-state index in [4.69, 9.17) is 11.6 Å². The number of carbonyl (C=O) groups excluding carboxylic acids is 1. The molecular formula is C10H14ClN3O4S. The highest BCUT2D eigenvalue weighted by atomic mass is 35.5. The molecule has 2 N–H and O–H groups in total. The van der Waals surface area contributed by atoms with Crippen LogP contribution in [0.25, 0.3) is 0 Å². The number of aromatic nitrogens is 1. The van der Waals surface area contributed by atoms with Crippen molar-refractivity contribution in [3.8, 4) is 0 Å². The monoisotopic (exact) mass is 307 g/mol. The average molecular weight is 308 g/mol. The van der Waals surface area contributed by atoms with Crippen molar-refractivity contribution in [2.75, 3.05) is 20.1 Å². The van der Waals surface area contributed by atoms with Crippen molar-refractivity contribution in [2.45, 2.75) is 11.8 Å². The minimum atomic E-state index is -3.87. The zero-order valence-electron chi connectivity index (χ0n) is 10.4. The Bertz CT molecular complexity index is 626. The molecule has 0 aliphatic heterocycles. The van der Waals surface area contributed by atoms with Crippen LogP contribution in [0.1, 0.15) is 6.92 Å². The Labute approximate surface area is 115 Å². The third-order valence-corrected chi connectivity index (χ3v) is 4.34. The molecule has 0 bridgehead atoms. The maximum absolute atomic E-state index is 12.1. The van der Waals surface area contributed by atoms with E-state index in [-0.39, 0.29) is 16.5 Å². The Kier molecular flexibility index (Phi) is 5.10. The second kappa shape index (κ2) is 6.18. The van der Waals surface area contributed by atoms with Gasteiger partial charge in [-0.2, -0.15) is 4.31 Å². The fourth-order valence-corrected chi connectivity index (χ4v) is 2.67. The molecule has 1 aromatic rings. The summed E-state index contributed by atoms with van der Waals surface area (Å²) in [5.41, 5.74) is -0.577. The van der Waals surface area contributed by atoms with Crippen molar-refractivity contribution in [3.63, 3.8) is 0 Å². The Balaban J connectivity index is 2.99. The van der Waals surface area contributed by atoms with Crippen molar-refractivity contribution in [3.05, 3.63) is 27.6 Å². The van der Waals surface area contributed by atoms with Gasteiger partial charge in [0.1, 0.15) is 5.02 Å². The van der Waals surface area contributed by atoms with Gasteiger partial charge in [-0.25, -0.2) is 8.42 Å². The predicted octanol–water partition coefficient (Wildman–Crippen LogP) is -0.215. The SMILES string of the molecule is CCNC(=O)CN(C)S(=O)(=O)c1c[nH]c(=O)c(Cl)c1. The predicted molar refractivity (Wildman–Crippen MR) is 70.6 cm³/mol. The molecule has 19 heavy (non-hydrogen) atoms. The summed E-state index contributed by atoms with van der Waals surface area (Å²) < 4.78 is 25.1. The number of hydrogen-bond donors (Lipinski definition) is 2. The summed E-state index contributed by atoms with van der Waals surface area (Å²) in [6.45, 7) is 1.83. The molecule has 0 fully saturated rings. The van der Waals surface area contributed by atoms with Crippen molar-refractivity contribution >= 4 is 27.5 Å². The molecule has 0 saturated heterocycles. The molecular weight excluding hydrogens is 294 g/mol. The van der Waals surface area contributed by atoms with E-state index in [1.54, 1.807) is 6.92 Å². The average Bonchev–Trinajstić information content (AvgIpc) is 2.32. The number of aromatic amines is 1. The third-order valence-electron chi connectivity index (χ3n) is 2.28. The molecule has 0 saturated carbocycles. The highest BCUT2D eigenvalue weighted by Crippen LogP contribution is 2.14. The van der Waals surface area contributed by atoms with Crippen molar-refractivity contribution < 1.29 is 13.2 Å². The highest BCUT2D eigenvalue weighted by molar-refractivity contribution is 7.89. The first-order valence-corrected chi connectivity index (χ1v) is 7.22. The van der Waals surface area contributed by atoms with E-state index in [1.165, 1.54) is 7.05 Å². The number of rotatable bonds is 5. The molecule has 9 heteroatoms. The summed E-state index contributed by atoms with van der Waals surface area (Å²) in [5, 5.41) is 2.26. The quantitative estimate of drug-likeness (QED) is 0.786. The van der Waals surface area contributed by atoms with E-state index in [9.17, 15) is 18.0 Å². The Hall–Kier alpha value is -1.38. The van der Waals surface area contributed by atoms with Crippen molar-refractivity contribution in [1.29, 1.82) is 0 Å². The molecule has 0 aliphatic rings. The molecule has 0 spiro atoms. The van der Waals surface area contributed by atoms with Crippen LogP contribution in [0.15, 0.2) is 22.0 Å². The van der Waals surface area contributed by atoms with Gasteiger partial charge >= 0.3 is 0 Å². The lowest BCUT2D eigenvalue weighted by Crippen LogP contribution is -2.38. The van der Waals surface area contributed by atoms with Gasteiger partial charge in [-0.1, -0.05) is 11.6 Å². The van der Waals surface area contributed by atoms with Crippen LogP contribution in [0.3, 0.4) is 0 Å². The molecule has 1 heterocycles. The van der Waals surface area contributed by atoms with Crippen molar-refractivity contribution in [1.82, 2.24) is 14.6 Å². The van der Waals surface area contributed by atoms with E-state index >= 15 is 0 Å².